The molecule has 0 bridgehead atoms. The van der Waals surface area contributed by atoms with Gasteiger partial charge in [0.25, 0.3) is 0 Å². The number of anilines is 1. The number of nitrogens with one attached hydrogen (secondary N) is 1. The van der Waals surface area contributed by atoms with Crippen LogP contribution in [0.4, 0.5) is 5.69 Å². The zero-order chi connectivity index (χ0) is 15.9. The van der Waals surface area contributed by atoms with Gasteiger partial charge in [-0.05, 0) is 46.8 Å². The summed E-state index contributed by atoms with van der Waals surface area (Å²) < 4.78 is 16.3. The van der Waals surface area contributed by atoms with Crippen molar-refractivity contribution < 1.29 is 19.0 Å². The van der Waals surface area contributed by atoms with E-state index in [2.05, 4.69) is 5.32 Å². The van der Waals surface area contributed by atoms with Crippen LogP contribution in [0, 0.1) is 0 Å². The largest absolute Gasteiger partial charge is 0.490 e. The Kier molecular flexibility index (Phi) is 6.34. The van der Waals surface area contributed by atoms with Crippen molar-refractivity contribution in [1.29, 1.82) is 0 Å². The lowest BCUT2D eigenvalue weighted by atomic mass is 10.2. The quantitative estimate of drug-likeness (QED) is 0.783. The van der Waals surface area contributed by atoms with E-state index in [0.717, 1.165) is 5.69 Å². The lowest BCUT2D eigenvalue weighted by Gasteiger charge is -2.20. The SMILES string of the molecule is CCOc1ccc(NCC(=O)OC(C)(C)C)cc1OCC. The van der Waals surface area contributed by atoms with E-state index in [0.29, 0.717) is 24.7 Å². The summed E-state index contributed by atoms with van der Waals surface area (Å²) in [6.45, 7) is 10.6. The van der Waals surface area contributed by atoms with Crippen molar-refractivity contribution in [2.45, 2.75) is 40.2 Å². The van der Waals surface area contributed by atoms with Crippen LogP contribution in [0.15, 0.2) is 18.2 Å². The molecule has 118 valence electrons. The van der Waals surface area contributed by atoms with E-state index in [1.165, 1.54) is 0 Å². The van der Waals surface area contributed by atoms with Crippen LogP contribution in [-0.4, -0.2) is 31.3 Å². The fourth-order valence-electron chi connectivity index (χ4n) is 1.71. The zero-order valence-corrected chi connectivity index (χ0v) is 13.5. The Balaban J connectivity index is 2.67. The Bertz CT molecular complexity index is 466. The Morgan fingerprint density at radius 2 is 1.71 bits per heavy atom. The monoisotopic (exact) mass is 295 g/mol. The van der Waals surface area contributed by atoms with Gasteiger partial charge < -0.3 is 19.5 Å². The maximum Gasteiger partial charge on any atom is 0.325 e. The van der Waals surface area contributed by atoms with E-state index in [9.17, 15) is 4.79 Å². The Morgan fingerprint density at radius 3 is 2.29 bits per heavy atom. The molecule has 1 aromatic carbocycles. The number of hydrogen-bond acceptors (Lipinski definition) is 5. The first-order valence-corrected chi connectivity index (χ1v) is 7.21. The Morgan fingerprint density at radius 1 is 1.10 bits per heavy atom. The standard InChI is InChI=1S/C16H25NO4/c1-6-19-13-9-8-12(10-14(13)20-7-2)17-11-15(18)21-16(3,4)5/h8-10,17H,6-7,11H2,1-5H3. The van der Waals surface area contributed by atoms with Crippen molar-refractivity contribution in [1.82, 2.24) is 0 Å². The second kappa shape index (κ2) is 7.76. The molecule has 0 saturated carbocycles. The van der Waals surface area contributed by atoms with Crippen LogP contribution in [0.3, 0.4) is 0 Å². The van der Waals surface area contributed by atoms with Crippen LogP contribution in [0.2, 0.25) is 0 Å². The minimum absolute atomic E-state index is 0.108. The second-order valence-corrected chi connectivity index (χ2v) is 5.47. The van der Waals surface area contributed by atoms with Gasteiger partial charge in [0.05, 0.1) is 13.2 Å². The van der Waals surface area contributed by atoms with Gasteiger partial charge in [-0.25, -0.2) is 0 Å². The van der Waals surface area contributed by atoms with Crippen LogP contribution in [0.5, 0.6) is 11.5 Å². The number of ether oxygens (including phenoxy) is 3. The number of rotatable bonds is 7. The van der Waals surface area contributed by atoms with Gasteiger partial charge in [0.1, 0.15) is 12.1 Å². The average Bonchev–Trinajstić information content (AvgIpc) is 2.37. The number of hydrogen-bond donors (Lipinski definition) is 1. The minimum Gasteiger partial charge on any atom is -0.490 e. The first kappa shape index (κ1) is 17.1. The van der Waals surface area contributed by atoms with Gasteiger partial charge in [0.15, 0.2) is 11.5 Å². The van der Waals surface area contributed by atoms with E-state index in [-0.39, 0.29) is 12.5 Å². The fourth-order valence-corrected chi connectivity index (χ4v) is 1.71. The molecule has 0 aliphatic rings. The van der Waals surface area contributed by atoms with E-state index in [1.54, 1.807) is 0 Å². The normalized spacial score (nSPS) is 10.9. The van der Waals surface area contributed by atoms with Crippen molar-refractivity contribution in [3.05, 3.63) is 18.2 Å². The number of carbonyl (C=O) groups is 1. The molecule has 0 aromatic heterocycles. The van der Waals surface area contributed by atoms with Gasteiger partial charge in [-0.3, -0.25) is 4.79 Å². The third-order valence-corrected chi connectivity index (χ3v) is 2.40. The van der Waals surface area contributed by atoms with Crippen LogP contribution in [-0.2, 0) is 9.53 Å². The summed E-state index contributed by atoms with van der Waals surface area (Å²) in [4.78, 5) is 11.7. The molecule has 1 N–H and O–H groups in total. The highest BCUT2D eigenvalue weighted by Crippen LogP contribution is 2.30. The molecule has 0 spiro atoms. The van der Waals surface area contributed by atoms with Gasteiger partial charge in [-0.2, -0.15) is 0 Å². The smallest absolute Gasteiger partial charge is 0.325 e. The van der Waals surface area contributed by atoms with Crippen molar-refractivity contribution in [3.8, 4) is 11.5 Å². The second-order valence-electron chi connectivity index (χ2n) is 5.47. The Hall–Kier alpha value is -1.91. The molecule has 0 radical (unpaired) electrons. The maximum absolute atomic E-state index is 11.7. The summed E-state index contributed by atoms with van der Waals surface area (Å²) in [5.74, 6) is 1.06. The predicted molar refractivity (Wildman–Crippen MR) is 83.1 cm³/mol. The average molecular weight is 295 g/mol. The topological polar surface area (TPSA) is 56.8 Å². The van der Waals surface area contributed by atoms with Gasteiger partial charge >= 0.3 is 5.97 Å². The number of esters is 1. The summed E-state index contributed by atoms with van der Waals surface area (Å²) in [5, 5.41) is 3.03. The number of carbonyl (C=O) groups excluding carboxylic acids is 1. The third kappa shape index (κ3) is 6.38. The minimum atomic E-state index is -0.478. The van der Waals surface area contributed by atoms with E-state index >= 15 is 0 Å². The molecular formula is C16H25NO4. The van der Waals surface area contributed by atoms with Crippen LogP contribution in [0.25, 0.3) is 0 Å². The molecule has 5 heteroatoms. The number of benzene rings is 1. The van der Waals surface area contributed by atoms with E-state index in [4.69, 9.17) is 14.2 Å². The van der Waals surface area contributed by atoms with Crippen LogP contribution in [0.1, 0.15) is 34.6 Å². The van der Waals surface area contributed by atoms with E-state index < -0.39 is 5.60 Å². The van der Waals surface area contributed by atoms with Gasteiger partial charge in [-0.1, -0.05) is 0 Å². The summed E-state index contributed by atoms with van der Waals surface area (Å²) in [6, 6.07) is 5.49. The van der Waals surface area contributed by atoms with Crippen molar-refractivity contribution in [2.24, 2.45) is 0 Å². The lowest BCUT2D eigenvalue weighted by Crippen LogP contribution is -2.28. The molecule has 0 aliphatic carbocycles. The molecule has 0 fully saturated rings. The molecule has 1 aromatic rings. The van der Waals surface area contributed by atoms with Gasteiger partial charge in [0.2, 0.25) is 0 Å². The van der Waals surface area contributed by atoms with E-state index in [1.807, 2.05) is 52.8 Å². The molecular weight excluding hydrogens is 270 g/mol. The summed E-state index contributed by atoms with van der Waals surface area (Å²) in [6.07, 6.45) is 0. The first-order chi connectivity index (χ1) is 9.85. The lowest BCUT2D eigenvalue weighted by molar-refractivity contribution is -0.152. The highest BCUT2D eigenvalue weighted by atomic mass is 16.6. The van der Waals surface area contributed by atoms with Gasteiger partial charge in [0, 0.05) is 11.8 Å². The molecule has 1 rings (SSSR count). The third-order valence-electron chi connectivity index (χ3n) is 2.40. The van der Waals surface area contributed by atoms with Crippen molar-refractivity contribution >= 4 is 11.7 Å². The molecule has 0 aliphatic heterocycles. The Labute approximate surface area is 126 Å². The maximum atomic E-state index is 11.7. The molecule has 0 saturated heterocycles. The van der Waals surface area contributed by atoms with Crippen molar-refractivity contribution in [2.75, 3.05) is 25.1 Å². The highest BCUT2D eigenvalue weighted by Gasteiger charge is 2.16. The molecule has 0 unspecified atom stereocenters. The summed E-state index contributed by atoms with van der Waals surface area (Å²) in [5.41, 5.74) is 0.307. The fraction of sp³-hybridized carbons (Fsp3) is 0.562. The molecule has 0 heterocycles. The van der Waals surface area contributed by atoms with Gasteiger partial charge in [-0.15, -0.1) is 0 Å². The molecule has 21 heavy (non-hydrogen) atoms. The highest BCUT2D eigenvalue weighted by molar-refractivity contribution is 5.75. The molecule has 0 atom stereocenters. The first-order valence-electron chi connectivity index (χ1n) is 7.21. The summed E-state index contributed by atoms with van der Waals surface area (Å²) >= 11 is 0. The molecule has 0 amide bonds. The van der Waals surface area contributed by atoms with Crippen molar-refractivity contribution in [3.63, 3.8) is 0 Å². The summed E-state index contributed by atoms with van der Waals surface area (Å²) in [7, 11) is 0. The zero-order valence-electron chi connectivity index (χ0n) is 13.5. The predicted octanol–water partition coefficient (Wildman–Crippen LogP) is 3.24. The van der Waals surface area contributed by atoms with Crippen LogP contribution < -0.4 is 14.8 Å². The van der Waals surface area contributed by atoms with Crippen LogP contribution >= 0.6 is 0 Å². The molecule has 5 nitrogen and oxygen atoms in total.